The molecule has 11 rings (SSSR count). The highest BCUT2D eigenvalue weighted by Crippen LogP contribution is 2.54. The summed E-state index contributed by atoms with van der Waals surface area (Å²) in [5.41, 5.74) is 0. The molecule has 0 bridgehead atoms. The lowest BCUT2D eigenvalue weighted by atomic mass is 9.77. The minimum absolute atomic E-state index is 1.33. The summed E-state index contributed by atoms with van der Waals surface area (Å²) >= 11 is 0. The predicted octanol–water partition coefficient (Wildman–Crippen LogP) is 10.4. The van der Waals surface area contributed by atoms with E-state index in [9.17, 15) is 0 Å². The molecule has 0 fully saturated rings. The summed E-state index contributed by atoms with van der Waals surface area (Å²) in [6.45, 7) is 0. The van der Waals surface area contributed by atoms with Crippen LogP contribution in [0.4, 0.5) is 0 Å². The molecular formula is C36H16. The van der Waals surface area contributed by atoms with Crippen LogP contribution in [0.1, 0.15) is 0 Å². The molecule has 0 radical (unpaired) electrons. The summed E-state index contributed by atoms with van der Waals surface area (Å²) in [6.07, 6.45) is 0. The molecule has 0 unspecified atom stereocenters. The maximum atomic E-state index is 2.45. The van der Waals surface area contributed by atoms with Crippen LogP contribution in [-0.4, -0.2) is 0 Å². The van der Waals surface area contributed by atoms with Crippen LogP contribution in [0.3, 0.4) is 0 Å². The number of rotatable bonds is 0. The lowest BCUT2D eigenvalue weighted by molar-refractivity contribution is 1.81. The Balaban J connectivity index is 1.66. The zero-order valence-electron chi connectivity index (χ0n) is 19.2. The molecule has 0 atom stereocenters. The summed E-state index contributed by atoms with van der Waals surface area (Å²) in [4.78, 5) is 0. The maximum absolute atomic E-state index is 2.45. The van der Waals surface area contributed by atoms with E-state index in [4.69, 9.17) is 0 Å². The summed E-state index contributed by atoms with van der Waals surface area (Å²) in [5, 5.41) is 28.0. The van der Waals surface area contributed by atoms with Crippen LogP contribution in [0.15, 0.2) is 97.1 Å². The van der Waals surface area contributed by atoms with Gasteiger partial charge in [0.1, 0.15) is 0 Å². The van der Waals surface area contributed by atoms with Crippen molar-refractivity contribution in [2.45, 2.75) is 0 Å². The third-order valence-electron chi connectivity index (χ3n) is 9.29. The van der Waals surface area contributed by atoms with E-state index in [1.165, 1.54) is 108 Å². The largest absolute Gasteiger partial charge is 0.0610 e. The van der Waals surface area contributed by atoms with Gasteiger partial charge in [-0.25, -0.2) is 0 Å². The van der Waals surface area contributed by atoms with Gasteiger partial charge >= 0.3 is 0 Å². The van der Waals surface area contributed by atoms with Crippen molar-refractivity contribution < 1.29 is 0 Å². The lowest BCUT2D eigenvalue weighted by Crippen LogP contribution is -1.96. The second-order valence-corrected chi connectivity index (χ2v) is 10.8. The lowest BCUT2D eigenvalue weighted by Gasteiger charge is -2.25. The summed E-state index contributed by atoms with van der Waals surface area (Å²) < 4.78 is 0. The van der Waals surface area contributed by atoms with Crippen LogP contribution in [0.25, 0.3) is 108 Å². The molecule has 11 aromatic rings. The van der Waals surface area contributed by atoms with E-state index in [-0.39, 0.29) is 0 Å². The molecule has 0 heteroatoms. The van der Waals surface area contributed by atoms with Gasteiger partial charge in [0.15, 0.2) is 0 Å². The molecule has 0 heterocycles. The first-order chi connectivity index (χ1) is 17.8. The quantitative estimate of drug-likeness (QED) is 0.160. The Kier molecular flexibility index (Phi) is 2.40. The van der Waals surface area contributed by atoms with Crippen LogP contribution >= 0.6 is 0 Å². The fourth-order valence-electron chi connectivity index (χ4n) is 8.06. The van der Waals surface area contributed by atoms with Crippen molar-refractivity contribution in [3.05, 3.63) is 97.1 Å². The van der Waals surface area contributed by atoms with Gasteiger partial charge in [0.05, 0.1) is 0 Å². The smallest absolute Gasteiger partial charge is 0.000114 e. The SMILES string of the molecule is c1cc2ccc3c4ccc5cc6cccc7cc8ccc9cc%10cc(c1)c2c3c%10c1c9c8c(c76)c5c41. The first-order valence-corrected chi connectivity index (χ1v) is 12.8. The Hall–Kier alpha value is -4.68. The highest BCUT2D eigenvalue weighted by Gasteiger charge is 2.25. The van der Waals surface area contributed by atoms with Gasteiger partial charge < -0.3 is 0 Å². The monoisotopic (exact) mass is 448 g/mol. The highest BCUT2D eigenvalue weighted by atomic mass is 14.3. The molecule has 0 saturated carbocycles. The molecule has 0 spiro atoms. The first kappa shape index (κ1) is 16.9. The Bertz CT molecular complexity index is 2650. The molecule has 0 nitrogen and oxygen atoms in total. The molecule has 0 N–H and O–H groups in total. The van der Waals surface area contributed by atoms with Crippen molar-refractivity contribution in [2.24, 2.45) is 0 Å². The van der Waals surface area contributed by atoms with Gasteiger partial charge in [0, 0.05) is 0 Å². The minimum atomic E-state index is 1.33. The standard InChI is InChI=1S/C36H16/c1-3-17-9-11-25-26-12-10-23-14-19-6-2-5-18-13-21-7-8-22-16-24-15-20(4-1)27(17)33(25)32(24)36-30(22)29(21)35(28(18)19)31(23)34(26)36/h1-16H. The number of benzene rings is 11. The van der Waals surface area contributed by atoms with Crippen LogP contribution in [0.2, 0.25) is 0 Å². The molecule has 0 amide bonds. The summed E-state index contributed by atoms with van der Waals surface area (Å²) in [5.74, 6) is 0. The van der Waals surface area contributed by atoms with Crippen molar-refractivity contribution >= 4 is 108 Å². The van der Waals surface area contributed by atoms with Gasteiger partial charge in [-0.3, -0.25) is 0 Å². The number of fused-ring (bicyclic) bond motifs is 1. The second kappa shape index (κ2) is 5.12. The van der Waals surface area contributed by atoms with Crippen LogP contribution in [0, 0.1) is 0 Å². The Labute approximate surface area is 204 Å². The van der Waals surface area contributed by atoms with Gasteiger partial charge in [-0.1, -0.05) is 72.8 Å². The number of hydrogen-bond acceptors (Lipinski definition) is 0. The maximum Gasteiger partial charge on any atom is -0.000114 e. The van der Waals surface area contributed by atoms with Crippen molar-refractivity contribution in [1.82, 2.24) is 0 Å². The third-order valence-corrected chi connectivity index (χ3v) is 9.29. The van der Waals surface area contributed by atoms with E-state index in [0.29, 0.717) is 0 Å². The van der Waals surface area contributed by atoms with Crippen LogP contribution < -0.4 is 0 Å². The molecule has 0 saturated heterocycles. The molecular weight excluding hydrogens is 432 g/mol. The van der Waals surface area contributed by atoms with Crippen molar-refractivity contribution in [2.75, 3.05) is 0 Å². The fourth-order valence-corrected chi connectivity index (χ4v) is 8.06. The van der Waals surface area contributed by atoms with Crippen molar-refractivity contribution in [3.8, 4) is 0 Å². The van der Waals surface area contributed by atoms with E-state index in [2.05, 4.69) is 97.1 Å². The van der Waals surface area contributed by atoms with Crippen molar-refractivity contribution in [1.29, 1.82) is 0 Å². The Morgan fingerprint density at radius 2 is 0.583 bits per heavy atom. The van der Waals surface area contributed by atoms with Crippen LogP contribution in [0.5, 0.6) is 0 Å². The van der Waals surface area contributed by atoms with Gasteiger partial charge in [-0.15, -0.1) is 0 Å². The molecule has 0 aliphatic heterocycles. The fraction of sp³-hybridized carbons (Fsp3) is 0. The molecule has 0 aliphatic rings. The number of hydrogen-bond donors (Lipinski definition) is 0. The molecule has 160 valence electrons. The zero-order valence-corrected chi connectivity index (χ0v) is 19.2. The normalized spacial score (nSPS) is 13.6. The topological polar surface area (TPSA) is 0 Å². The van der Waals surface area contributed by atoms with Gasteiger partial charge in [-0.05, 0) is 132 Å². The van der Waals surface area contributed by atoms with Crippen LogP contribution in [-0.2, 0) is 0 Å². The summed E-state index contributed by atoms with van der Waals surface area (Å²) in [6, 6.07) is 37.4. The average Bonchev–Trinajstić information content (AvgIpc) is 2.92. The summed E-state index contributed by atoms with van der Waals surface area (Å²) in [7, 11) is 0. The average molecular weight is 449 g/mol. The van der Waals surface area contributed by atoms with E-state index < -0.39 is 0 Å². The van der Waals surface area contributed by atoms with E-state index in [0.717, 1.165) is 0 Å². The predicted molar refractivity (Wildman–Crippen MR) is 157 cm³/mol. The second-order valence-electron chi connectivity index (χ2n) is 10.8. The van der Waals surface area contributed by atoms with E-state index in [1.807, 2.05) is 0 Å². The van der Waals surface area contributed by atoms with Crippen molar-refractivity contribution in [3.63, 3.8) is 0 Å². The van der Waals surface area contributed by atoms with E-state index in [1.54, 1.807) is 0 Å². The molecule has 0 aromatic heterocycles. The molecule has 0 aliphatic carbocycles. The molecule has 36 heavy (non-hydrogen) atoms. The zero-order chi connectivity index (χ0) is 22.9. The first-order valence-electron chi connectivity index (χ1n) is 12.8. The Morgan fingerprint density at radius 1 is 0.222 bits per heavy atom. The van der Waals surface area contributed by atoms with E-state index >= 15 is 0 Å². The third kappa shape index (κ3) is 1.57. The highest BCUT2D eigenvalue weighted by molar-refractivity contribution is 6.53. The minimum Gasteiger partial charge on any atom is -0.0610 e. The Morgan fingerprint density at radius 3 is 1.22 bits per heavy atom. The molecule has 11 aromatic carbocycles. The van der Waals surface area contributed by atoms with Gasteiger partial charge in [0.2, 0.25) is 0 Å². The van der Waals surface area contributed by atoms with Gasteiger partial charge in [0.25, 0.3) is 0 Å². The van der Waals surface area contributed by atoms with Gasteiger partial charge in [-0.2, -0.15) is 0 Å².